The normalized spacial score (nSPS) is 21.1. The minimum atomic E-state index is 0.131. The number of nitrogens with zero attached hydrogens (tertiary/aromatic N) is 2. The number of benzene rings is 1. The molecule has 1 aliphatic rings. The smallest absolute Gasteiger partial charge is 0.0597 e. The van der Waals surface area contributed by atoms with Gasteiger partial charge >= 0.3 is 0 Å². The van der Waals surface area contributed by atoms with Crippen LogP contribution in [0, 0.1) is 6.92 Å². The van der Waals surface area contributed by atoms with E-state index in [-0.39, 0.29) is 11.4 Å². The summed E-state index contributed by atoms with van der Waals surface area (Å²) in [7, 11) is 0. The summed E-state index contributed by atoms with van der Waals surface area (Å²) in [6.45, 7) is 5.85. The number of rotatable bonds is 4. The Morgan fingerprint density at radius 2 is 2.20 bits per heavy atom. The Hall–Kier alpha value is -1.32. The molecule has 2 unspecified atom stereocenters. The largest absolute Gasteiger partial charge is 0.303 e. The Kier molecular flexibility index (Phi) is 3.81. The van der Waals surface area contributed by atoms with Crippen molar-refractivity contribution in [2.45, 2.75) is 44.8 Å². The first-order valence-corrected chi connectivity index (χ1v) is 7.61. The first kappa shape index (κ1) is 13.7. The average Bonchev–Trinajstić information content (AvgIpc) is 2.95. The topological polar surface area (TPSA) is 29.9 Å². The van der Waals surface area contributed by atoms with Crippen LogP contribution in [0.3, 0.4) is 0 Å². The van der Waals surface area contributed by atoms with Crippen molar-refractivity contribution in [3.63, 3.8) is 0 Å². The van der Waals surface area contributed by atoms with Gasteiger partial charge in [-0.1, -0.05) is 24.3 Å². The maximum atomic E-state index is 6.50. The van der Waals surface area contributed by atoms with Gasteiger partial charge in [0.15, 0.2) is 0 Å². The van der Waals surface area contributed by atoms with Gasteiger partial charge in [0.1, 0.15) is 0 Å². The molecule has 1 aromatic heterocycles. The summed E-state index contributed by atoms with van der Waals surface area (Å²) in [4.78, 5) is 0. The zero-order chi connectivity index (χ0) is 14.1. The Morgan fingerprint density at radius 3 is 3.00 bits per heavy atom. The lowest BCUT2D eigenvalue weighted by atomic mass is 10.1. The van der Waals surface area contributed by atoms with Gasteiger partial charge in [-0.15, -0.1) is 11.6 Å². The third-order valence-corrected chi connectivity index (χ3v) is 4.36. The molecule has 2 atom stereocenters. The summed E-state index contributed by atoms with van der Waals surface area (Å²) < 4.78 is 2.05. The van der Waals surface area contributed by atoms with E-state index in [1.54, 1.807) is 0 Å². The molecule has 1 N–H and O–H groups in total. The molecule has 0 fully saturated rings. The minimum absolute atomic E-state index is 0.131. The van der Waals surface area contributed by atoms with Gasteiger partial charge in [-0.2, -0.15) is 5.10 Å². The average molecular weight is 290 g/mol. The highest BCUT2D eigenvalue weighted by molar-refractivity contribution is 6.21. The highest BCUT2D eigenvalue weighted by atomic mass is 35.5. The van der Waals surface area contributed by atoms with Gasteiger partial charge in [0, 0.05) is 19.1 Å². The molecule has 106 valence electrons. The van der Waals surface area contributed by atoms with Gasteiger partial charge in [-0.05, 0) is 37.5 Å². The van der Waals surface area contributed by atoms with Crippen LogP contribution in [0.15, 0.2) is 30.3 Å². The molecule has 3 nitrogen and oxygen atoms in total. The summed E-state index contributed by atoms with van der Waals surface area (Å²) in [5, 5.41) is 8.21. The minimum Gasteiger partial charge on any atom is -0.303 e. The lowest BCUT2D eigenvalue weighted by Gasteiger charge is -2.17. The molecule has 20 heavy (non-hydrogen) atoms. The van der Waals surface area contributed by atoms with Crippen molar-refractivity contribution in [2.24, 2.45) is 0 Å². The van der Waals surface area contributed by atoms with Crippen LogP contribution in [0.25, 0.3) is 0 Å². The maximum absolute atomic E-state index is 6.50. The quantitative estimate of drug-likeness (QED) is 0.876. The molecule has 0 amide bonds. The van der Waals surface area contributed by atoms with Crippen LogP contribution >= 0.6 is 11.6 Å². The van der Waals surface area contributed by atoms with E-state index in [2.05, 4.69) is 47.7 Å². The molecule has 1 heterocycles. The maximum Gasteiger partial charge on any atom is 0.0597 e. The van der Waals surface area contributed by atoms with Crippen LogP contribution in [-0.4, -0.2) is 15.2 Å². The van der Waals surface area contributed by atoms with Crippen LogP contribution in [-0.2, 0) is 19.5 Å². The van der Waals surface area contributed by atoms with E-state index in [9.17, 15) is 0 Å². The van der Waals surface area contributed by atoms with Crippen molar-refractivity contribution in [3.8, 4) is 0 Å². The van der Waals surface area contributed by atoms with Crippen LogP contribution in [0.4, 0.5) is 0 Å². The second kappa shape index (κ2) is 5.58. The molecule has 0 saturated carbocycles. The van der Waals surface area contributed by atoms with E-state index >= 15 is 0 Å². The molecule has 4 heteroatoms. The first-order valence-electron chi connectivity index (χ1n) is 7.17. The Labute approximate surface area is 124 Å². The highest BCUT2D eigenvalue weighted by Gasteiger charge is 2.30. The van der Waals surface area contributed by atoms with Gasteiger partial charge in [0.2, 0.25) is 0 Å². The zero-order valence-corrected chi connectivity index (χ0v) is 12.7. The number of aryl methyl sites for hydroxylation is 2. The third-order valence-electron chi connectivity index (χ3n) is 3.95. The predicted molar refractivity (Wildman–Crippen MR) is 82.0 cm³/mol. The number of fused-ring (bicyclic) bond motifs is 1. The summed E-state index contributed by atoms with van der Waals surface area (Å²) >= 11 is 6.50. The van der Waals surface area contributed by atoms with E-state index in [1.807, 2.05) is 11.6 Å². The van der Waals surface area contributed by atoms with E-state index in [1.165, 1.54) is 16.8 Å². The predicted octanol–water partition coefficient (Wildman–Crippen LogP) is 3.21. The van der Waals surface area contributed by atoms with Gasteiger partial charge < -0.3 is 5.32 Å². The van der Waals surface area contributed by atoms with Crippen molar-refractivity contribution < 1.29 is 0 Å². The van der Waals surface area contributed by atoms with Crippen molar-refractivity contribution in [2.75, 3.05) is 0 Å². The zero-order valence-electron chi connectivity index (χ0n) is 11.9. The molecule has 0 aliphatic heterocycles. The van der Waals surface area contributed by atoms with E-state index in [0.717, 1.165) is 25.2 Å². The summed E-state index contributed by atoms with van der Waals surface area (Å²) in [5.74, 6) is 0. The number of aromatic nitrogens is 2. The van der Waals surface area contributed by atoms with Crippen molar-refractivity contribution in [1.82, 2.24) is 15.1 Å². The second-order valence-corrected chi connectivity index (χ2v) is 5.93. The molecule has 0 radical (unpaired) electrons. The van der Waals surface area contributed by atoms with Crippen molar-refractivity contribution in [3.05, 3.63) is 52.8 Å². The molecular formula is C16H20ClN3. The Morgan fingerprint density at radius 1 is 1.40 bits per heavy atom. The molecule has 0 spiro atoms. The van der Waals surface area contributed by atoms with Gasteiger partial charge in [0.05, 0.1) is 16.8 Å². The second-order valence-electron chi connectivity index (χ2n) is 5.37. The third kappa shape index (κ3) is 2.48. The van der Waals surface area contributed by atoms with Crippen LogP contribution < -0.4 is 5.32 Å². The fraction of sp³-hybridized carbons (Fsp3) is 0.438. The monoisotopic (exact) mass is 289 g/mol. The number of alkyl halides is 1. The number of hydrogen-bond acceptors (Lipinski definition) is 2. The fourth-order valence-electron chi connectivity index (χ4n) is 3.01. The van der Waals surface area contributed by atoms with Crippen molar-refractivity contribution >= 4 is 11.6 Å². The lowest BCUT2D eigenvalue weighted by Crippen LogP contribution is -2.26. The van der Waals surface area contributed by atoms with Crippen molar-refractivity contribution in [1.29, 1.82) is 0 Å². The molecule has 0 bridgehead atoms. The highest BCUT2D eigenvalue weighted by Crippen LogP contribution is 2.34. The van der Waals surface area contributed by atoms with Crippen LogP contribution in [0.5, 0.6) is 0 Å². The summed E-state index contributed by atoms with van der Waals surface area (Å²) in [5.41, 5.74) is 4.99. The number of hydrogen-bond donors (Lipinski definition) is 1. The first-order chi connectivity index (χ1) is 9.69. The van der Waals surface area contributed by atoms with E-state index < -0.39 is 0 Å². The Balaban J connectivity index is 1.75. The molecule has 2 aromatic rings. The molecule has 1 aromatic carbocycles. The number of nitrogens with one attached hydrogen (secondary N) is 1. The summed E-state index contributed by atoms with van der Waals surface area (Å²) in [6, 6.07) is 10.9. The molecule has 1 aliphatic carbocycles. The van der Waals surface area contributed by atoms with E-state index in [0.29, 0.717) is 0 Å². The van der Waals surface area contributed by atoms with Gasteiger partial charge in [0.25, 0.3) is 0 Å². The molecule has 0 saturated heterocycles. The Bertz CT molecular complexity index is 606. The van der Waals surface area contributed by atoms with Crippen LogP contribution in [0.2, 0.25) is 0 Å². The lowest BCUT2D eigenvalue weighted by molar-refractivity contribution is 0.507. The molecular weight excluding hydrogens is 270 g/mol. The van der Waals surface area contributed by atoms with Gasteiger partial charge in [-0.3, -0.25) is 4.68 Å². The van der Waals surface area contributed by atoms with Crippen LogP contribution in [0.1, 0.15) is 35.5 Å². The fourth-order valence-corrected chi connectivity index (χ4v) is 3.40. The standard InChI is InChI=1S/C16H20ClN3/c1-3-20-13(8-11(2)19-20)10-18-16-14-7-5-4-6-12(14)9-15(16)17/h4-8,15-16,18H,3,9-10H2,1-2H3. The van der Waals surface area contributed by atoms with E-state index in [4.69, 9.17) is 11.6 Å². The summed E-state index contributed by atoms with van der Waals surface area (Å²) in [6.07, 6.45) is 0.946. The SMILES string of the molecule is CCn1nc(C)cc1CNC1c2ccccc2CC1Cl. The molecule has 3 rings (SSSR count). The van der Waals surface area contributed by atoms with Gasteiger partial charge in [-0.25, -0.2) is 0 Å². The number of halogens is 1.